The summed E-state index contributed by atoms with van der Waals surface area (Å²) in [6.45, 7) is 5.61. The molecule has 128 valence electrons. The number of hydrogen-bond acceptors (Lipinski definition) is 5. The number of halogens is 1. The van der Waals surface area contributed by atoms with Crippen LogP contribution in [-0.2, 0) is 19.1 Å². The second-order valence-corrected chi connectivity index (χ2v) is 6.31. The summed E-state index contributed by atoms with van der Waals surface area (Å²) in [7, 11) is 1.33. The van der Waals surface area contributed by atoms with Gasteiger partial charge in [-0.1, -0.05) is 28.1 Å². The Morgan fingerprint density at radius 1 is 1.08 bits per heavy atom. The summed E-state index contributed by atoms with van der Waals surface area (Å²) in [4.78, 5) is 24.9. The van der Waals surface area contributed by atoms with Crippen LogP contribution in [0.1, 0.15) is 32.3 Å². The molecule has 5 nitrogen and oxygen atoms in total. The van der Waals surface area contributed by atoms with Crippen LogP contribution in [0, 0.1) is 0 Å². The molecule has 0 aromatic heterocycles. The van der Waals surface area contributed by atoms with Gasteiger partial charge in [0.15, 0.2) is 0 Å². The van der Waals surface area contributed by atoms with Gasteiger partial charge in [-0.3, -0.25) is 0 Å². The smallest absolute Gasteiger partial charge is 0.336 e. The number of allylic oxidation sites excluding steroid dienone is 2. The number of carbonyl (C=O) groups is 2. The zero-order valence-corrected chi connectivity index (χ0v) is 15.7. The van der Waals surface area contributed by atoms with Gasteiger partial charge in [0.25, 0.3) is 0 Å². The molecule has 1 aromatic rings. The Kier molecular flexibility index (Phi) is 5.83. The number of carbonyl (C=O) groups excluding carboxylic acids is 2. The molecule has 0 aliphatic carbocycles. The lowest BCUT2D eigenvalue weighted by Crippen LogP contribution is -2.32. The molecular formula is C18H20BrNO4. The maximum absolute atomic E-state index is 12.5. The second-order valence-electron chi connectivity index (χ2n) is 5.40. The third-order valence-electron chi connectivity index (χ3n) is 3.86. The average molecular weight is 394 g/mol. The van der Waals surface area contributed by atoms with Gasteiger partial charge < -0.3 is 14.8 Å². The first-order valence-corrected chi connectivity index (χ1v) is 8.39. The summed E-state index contributed by atoms with van der Waals surface area (Å²) in [5.74, 6) is -1.45. The van der Waals surface area contributed by atoms with E-state index < -0.39 is 17.9 Å². The number of hydrogen-bond donors (Lipinski definition) is 1. The molecule has 6 heteroatoms. The largest absolute Gasteiger partial charge is 0.466 e. The summed E-state index contributed by atoms with van der Waals surface area (Å²) in [6.07, 6.45) is 0. The number of esters is 2. The van der Waals surface area contributed by atoms with E-state index in [2.05, 4.69) is 21.2 Å². The van der Waals surface area contributed by atoms with Crippen LogP contribution in [0.4, 0.5) is 0 Å². The summed E-state index contributed by atoms with van der Waals surface area (Å²) in [5, 5.41) is 3.09. The molecule has 0 saturated carbocycles. The number of benzene rings is 1. The SMILES string of the molecule is CCOC(=O)C1=C(C)NC(C)=C(C(=O)OC)[C@H]1c1ccc(Br)cc1. The Hall–Kier alpha value is -2.08. The Labute approximate surface area is 149 Å². The van der Waals surface area contributed by atoms with Crippen molar-refractivity contribution >= 4 is 27.9 Å². The maximum atomic E-state index is 12.5. The molecule has 1 aliphatic rings. The van der Waals surface area contributed by atoms with E-state index in [0.717, 1.165) is 10.0 Å². The molecule has 0 spiro atoms. The second kappa shape index (κ2) is 7.66. The number of rotatable bonds is 4. The zero-order chi connectivity index (χ0) is 17.9. The first kappa shape index (κ1) is 18.3. The Morgan fingerprint density at radius 3 is 2.12 bits per heavy atom. The molecule has 0 radical (unpaired) electrons. The quantitative estimate of drug-likeness (QED) is 0.793. The predicted octanol–water partition coefficient (Wildman–Crippen LogP) is 3.42. The number of nitrogens with one attached hydrogen (secondary N) is 1. The van der Waals surface area contributed by atoms with Gasteiger partial charge in [0.2, 0.25) is 0 Å². The summed E-state index contributed by atoms with van der Waals surface area (Å²) in [6, 6.07) is 7.50. The maximum Gasteiger partial charge on any atom is 0.336 e. The van der Waals surface area contributed by atoms with Gasteiger partial charge in [-0.05, 0) is 38.5 Å². The molecule has 0 unspecified atom stereocenters. The topological polar surface area (TPSA) is 64.6 Å². The molecule has 0 bridgehead atoms. The van der Waals surface area contributed by atoms with Crippen molar-refractivity contribution in [2.45, 2.75) is 26.7 Å². The fourth-order valence-electron chi connectivity index (χ4n) is 2.84. The molecule has 0 fully saturated rings. The van der Waals surface area contributed by atoms with Crippen molar-refractivity contribution < 1.29 is 19.1 Å². The van der Waals surface area contributed by atoms with E-state index in [9.17, 15) is 9.59 Å². The van der Waals surface area contributed by atoms with Crippen molar-refractivity contribution in [3.63, 3.8) is 0 Å². The highest BCUT2D eigenvalue weighted by atomic mass is 79.9. The van der Waals surface area contributed by atoms with Gasteiger partial charge in [0.05, 0.1) is 30.8 Å². The standard InChI is InChI=1S/C18H20BrNO4/c1-5-24-18(22)15-11(3)20-10(2)14(17(21)23-4)16(15)12-6-8-13(19)9-7-12/h6-9,16,20H,5H2,1-4H3/t16-/m1/s1. The average Bonchev–Trinajstić information content (AvgIpc) is 2.54. The van der Waals surface area contributed by atoms with E-state index in [1.807, 2.05) is 24.3 Å². The molecule has 0 amide bonds. The Bertz CT molecular complexity index is 719. The highest BCUT2D eigenvalue weighted by molar-refractivity contribution is 9.10. The third-order valence-corrected chi connectivity index (χ3v) is 4.39. The molecule has 2 rings (SSSR count). The molecule has 1 aromatic carbocycles. The van der Waals surface area contributed by atoms with Crippen LogP contribution >= 0.6 is 15.9 Å². The van der Waals surface area contributed by atoms with Crippen LogP contribution < -0.4 is 5.32 Å². The van der Waals surface area contributed by atoms with Gasteiger partial charge in [-0.25, -0.2) is 9.59 Å². The fourth-order valence-corrected chi connectivity index (χ4v) is 3.11. The zero-order valence-electron chi connectivity index (χ0n) is 14.1. The number of ether oxygens (including phenoxy) is 2. The van der Waals surface area contributed by atoms with Crippen molar-refractivity contribution in [3.8, 4) is 0 Å². The minimum Gasteiger partial charge on any atom is -0.466 e. The molecular weight excluding hydrogens is 374 g/mol. The summed E-state index contributed by atoms with van der Waals surface area (Å²) < 4.78 is 11.1. The Balaban J connectivity index is 2.63. The summed E-state index contributed by atoms with van der Waals surface area (Å²) >= 11 is 3.40. The van der Waals surface area contributed by atoms with E-state index in [1.165, 1.54) is 7.11 Å². The normalized spacial score (nSPS) is 17.5. The molecule has 1 aliphatic heterocycles. The Morgan fingerprint density at radius 2 is 1.62 bits per heavy atom. The molecule has 1 heterocycles. The van der Waals surface area contributed by atoms with Gasteiger partial charge in [-0.2, -0.15) is 0 Å². The van der Waals surface area contributed by atoms with E-state index in [1.54, 1.807) is 20.8 Å². The lowest BCUT2D eigenvalue weighted by molar-refractivity contribution is -0.139. The van der Waals surface area contributed by atoms with Crippen molar-refractivity contribution in [1.82, 2.24) is 5.32 Å². The first-order valence-electron chi connectivity index (χ1n) is 7.60. The monoisotopic (exact) mass is 393 g/mol. The van der Waals surface area contributed by atoms with Crippen LogP contribution in [-0.4, -0.2) is 25.7 Å². The van der Waals surface area contributed by atoms with Crippen LogP contribution in [0.2, 0.25) is 0 Å². The first-order chi connectivity index (χ1) is 11.4. The van der Waals surface area contributed by atoms with Crippen LogP contribution in [0.3, 0.4) is 0 Å². The van der Waals surface area contributed by atoms with Crippen LogP contribution in [0.25, 0.3) is 0 Å². The van der Waals surface area contributed by atoms with Crippen molar-refractivity contribution in [2.24, 2.45) is 0 Å². The van der Waals surface area contributed by atoms with Gasteiger partial charge >= 0.3 is 11.9 Å². The van der Waals surface area contributed by atoms with Gasteiger partial charge in [-0.15, -0.1) is 0 Å². The highest BCUT2D eigenvalue weighted by Crippen LogP contribution is 2.39. The third kappa shape index (κ3) is 3.53. The number of methoxy groups -OCH3 is 1. The van der Waals surface area contributed by atoms with Crippen LogP contribution in [0.5, 0.6) is 0 Å². The van der Waals surface area contributed by atoms with Gasteiger partial charge in [0.1, 0.15) is 0 Å². The minimum atomic E-state index is -0.536. The lowest BCUT2D eigenvalue weighted by Gasteiger charge is -2.30. The van der Waals surface area contributed by atoms with E-state index in [4.69, 9.17) is 9.47 Å². The van der Waals surface area contributed by atoms with Crippen LogP contribution in [0.15, 0.2) is 51.3 Å². The molecule has 1 N–H and O–H groups in total. The van der Waals surface area contributed by atoms with Crippen molar-refractivity contribution in [1.29, 1.82) is 0 Å². The van der Waals surface area contributed by atoms with Crippen molar-refractivity contribution in [2.75, 3.05) is 13.7 Å². The summed E-state index contributed by atoms with van der Waals surface area (Å²) in [5.41, 5.74) is 2.99. The minimum absolute atomic E-state index is 0.263. The van der Waals surface area contributed by atoms with E-state index in [-0.39, 0.29) is 6.61 Å². The number of dihydropyridines is 1. The molecule has 0 saturated heterocycles. The fraction of sp³-hybridized carbons (Fsp3) is 0.333. The van der Waals surface area contributed by atoms with Gasteiger partial charge in [0, 0.05) is 15.9 Å². The lowest BCUT2D eigenvalue weighted by atomic mass is 9.80. The highest BCUT2D eigenvalue weighted by Gasteiger charge is 2.37. The van der Waals surface area contributed by atoms with E-state index >= 15 is 0 Å². The van der Waals surface area contributed by atoms with Crippen molar-refractivity contribution in [3.05, 3.63) is 56.8 Å². The van der Waals surface area contributed by atoms with E-state index in [0.29, 0.717) is 22.5 Å². The molecule has 1 atom stereocenters. The predicted molar refractivity (Wildman–Crippen MR) is 94.1 cm³/mol. The molecule has 24 heavy (non-hydrogen) atoms.